The minimum atomic E-state index is -0.787. The van der Waals surface area contributed by atoms with E-state index in [0.29, 0.717) is 25.0 Å². The summed E-state index contributed by atoms with van der Waals surface area (Å²) in [6.45, 7) is 2.26. The van der Waals surface area contributed by atoms with E-state index in [9.17, 15) is 13.6 Å². The maximum atomic E-state index is 13.5. The molecule has 96 valence electrons. The predicted octanol–water partition coefficient (Wildman–Crippen LogP) is 1.40. The Morgan fingerprint density at radius 2 is 2.17 bits per heavy atom. The highest BCUT2D eigenvalue weighted by Gasteiger charge is 2.38. The number of hydrogen-bond donors (Lipinski definition) is 1. The van der Waals surface area contributed by atoms with E-state index < -0.39 is 11.6 Å². The van der Waals surface area contributed by atoms with Crippen LogP contribution in [0.5, 0.6) is 0 Å². The predicted molar refractivity (Wildman–Crippen MR) is 62.2 cm³/mol. The molecular weight excluding hydrogens is 238 g/mol. The first-order valence-corrected chi connectivity index (χ1v) is 6.13. The molecule has 0 saturated carbocycles. The zero-order chi connectivity index (χ0) is 12.7. The quantitative estimate of drug-likeness (QED) is 0.819. The van der Waals surface area contributed by atoms with E-state index in [0.717, 1.165) is 25.1 Å². The molecule has 1 aromatic rings. The second kappa shape index (κ2) is 4.31. The van der Waals surface area contributed by atoms with E-state index in [4.69, 9.17) is 0 Å². The fraction of sp³-hybridized carbons (Fsp3) is 0.462. The Labute approximate surface area is 104 Å². The molecule has 0 bridgehead atoms. The average Bonchev–Trinajstić information content (AvgIpc) is 2.87. The van der Waals surface area contributed by atoms with Gasteiger partial charge >= 0.3 is 0 Å². The summed E-state index contributed by atoms with van der Waals surface area (Å²) in [6, 6.07) is 3.42. The maximum absolute atomic E-state index is 13.5. The molecule has 2 fully saturated rings. The highest BCUT2D eigenvalue weighted by Crippen LogP contribution is 2.26. The number of amides is 1. The van der Waals surface area contributed by atoms with Gasteiger partial charge in [0.1, 0.15) is 11.6 Å². The van der Waals surface area contributed by atoms with Gasteiger partial charge in [0, 0.05) is 25.2 Å². The summed E-state index contributed by atoms with van der Waals surface area (Å²) >= 11 is 0. The molecule has 0 radical (unpaired) electrons. The van der Waals surface area contributed by atoms with Crippen molar-refractivity contribution in [1.82, 2.24) is 10.2 Å². The van der Waals surface area contributed by atoms with Crippen LogP contribution in [-0.4, -0.2) is 36.5 Å². The number of fused-ring (bicyclic) bond motifs is 1. The van der Waals surface area contributed by atoms with Crippen LogP contribution in [0.15, 0.2) is 18.2 Å². The molecule has 2 aliphatic heterocycles. The topological polar surface area (TPSA) is 32.3 Å². The Morgan fingerprint density at radius 3 is 2.89 bits per heavy atom. The van der Waals surface area contributed by atoms with Crippen molar-refractivity contribution in [3.05, 3.63) is 35.4 Å². The molecule has 2 saturated heterocycles. The Balaban J connectivity index is 1.79. The van der Waals surface area contributed by atoms with E-state index in [-0.39, 0.29) is 11.5 Å². The van der Waals surface area contributed by atoms with Crippen molar-refractivity contribution in [3.8, 4) is 0 Å². The lowest BCUT2D eigenvalue weighted by Gasteiger charge is -2.17. The number of likely N-dealkylation sites (tertiary alicyclic amines) is 1. The second-order valence-electron chi connectivity index (χ2n) is 4.94. The van der Waals surface area contributed by atoms with Crippen LogP contribution in [0.4, 0.5) is 8.78 Å². The number of carbonyl (C=O) groups excluding carboxylic acids is 1. The van der Waals surface area contributed by atoms with Crippen molar-refractivity contribution in [2.24, 2.45) is 5.92 Å². The summed E-state index contributed by atoms with van der Waals surface area (Å²) in [7, 11) is 0. The standard InChI is InChI=1S/C13H14F2N2O/c14-9-1-2-10(11(15)5-9)13(18)17-6-8-3-4-16-12(8)7-17/h1-2,5,8,12,16H,3-4,6-7H2/t8-,12+/m0/s1. The Hall–Kier alpha value is -1.49. The first-order valence-electron chi connectivity index (χ1n) is 6.13. The minimum Gasteiger partial charge on any atom is -0.337 e. The van der Waals surface area contributed by atoms with Crippen molar-refractivity contribution in [3.63, 3.8) is 0 Å². The van der Waals surface area contributed by atoms with Crippen molar-refractivity contribution < 1.29 is 13.6 Å². The third-order valence-corrected chi connectivity index (χ3v) is 3.81. The number of carbonyl (C=O) groups is 1. The Morgan fingerprint density at radius 1 is 1.33 bits per heavy atom. The highest BCUT2D eigenvalue weighted by molar-refractivity contribution is 5.94. The van der Waals surface area contributed by atoms with E-state index in [2.05, 4.69) is 5.32 Å². The first kappa shape index (κ1) is 11.6. The highest BCUT2D eigenvalue weighted by atomic mass is 19.1. The third kappa shape index (κ3) is 1.88. The smallest absolute Gasteiger partial charge is 0.256 e. The summed E-state index contributed by atoms with van der Waals surface area (Å²) in [6.07, 6.45) is 1.06. The SMILES string of the molecule is O=C(c1ccc(F)cc1F)N1C[C@@H]2CCN[C@@H]2C1. The molecule has 0 aliphatic carbocycles. The molecule has 0 aromatic heterocycles. The van der Waals surface area contributed by atoms with Gasteiger partial charge < -0.3 is 10.2 Å². The summed E-state index contributed by atoms with van der Waals surface area (Å²) in [4.78, 5) is 13.8. The van der Waals surface area contributed by atoms with Crippen LogP contribution in [0.2, 0.25) is 0 Å². The third-order valence-electron chi connectivity index (χ3n) is 3.81. The second-order valence-corrected chi connectivity index (χ2v) is 4.94. The molecule has 5 heteroatoms. The van der Waals surface area contributed by atoms with Gasteiger partial charge in [0.05, 0.1) is 5.56 Å². The van der Waals surface area contributed by atoms with Gasteiger partial charge in [-0.1, -0.05) is 0 Å². The largest absolute Gasteiger partial charge is 0.337 e. The lowest BCUT2D eigenvalue weighted by Crippen LogP contribution is -2.34. The monoisotopic (exact) mass is 252 g/mol. The summed E-state index contributed by atoms with van der Waals surface area (Å²) < 4.78 is 26.3. The van der Waals surface area contributed by atoms with Crippen LogP contribution in [0.3, 0.4) is 0 Å². The van der Waals surface area contributed by atoms with Crippen LogP contribution < -0.4 is 5.32 Å². The molecular formula is C13H14F2N2O. The van der Waals surface area contributed by atoms with Gasteiger partial charge in [-0.3, -0.25) is 4.79 Å². The minimum absolute atomic E-state index is 0.0450. The fourth-order valence-corrected chi connectivity index (χ4v) is 2.85. The number of halogens is 2. The van der Waals surface area contributed by atoms with Gasteiger partial charge in [-0.15, -0.1) is 0 Å². The molecule has 1 amide bonds. The summed E-state index contributed by atoms with van der Waals surface area (Å²) in [5.74, 6) is -1.32. The van der Waals surface area contributed by atoms with Crippen LogP contribution in [0.25, 0.3) is 0 Å². The van der Waals surface area contributed by atoms with Crippen molar-refractivity contribution >= 4 is 5.91 Å². The number of hydrogen-bond acceptors (Lipinski definition) is 2. The Bertz CT molecular complexity index is 480. The summed E-state index contributed by atoms with van der Waals surface area (Å²) in [5, 5.41) is 3.33. The van der Waals surface area contributed by atoms with Gasteiger partial charge in [0.2, 0.25) is 0 Å². The van der Waals surface area contributed by atoms with Gasteiger partial charge in [0.25, 0.3) is 5.91 Å². The van der Waals surface area contributed by atoms with Gasteiger partial charge in [0.15, 0.2) is 0 Å². The van der Waals surface area contributed by atoms with Gasteiger partial charge in [-0.2, -0.15) is 0 Å². The zero-order valence-corrected chi connectivity index (χ0v) is 9.83. The van der Waals surface area contributed by atoms with Gasteiger partial charge in [-0.25, -0.2) is 8.78 Å². The van der Waals surface area contributed by atoms with Crippen LogP contribution in [0.1, 0.15) is 16.8 Å². The fourth-order valence-electron chi connectivity index (χ4n) is 2.85. The van der Waals surface area contributed by atoms with Crippen molar-refractivity contribution in [2.75, 3.05) is 19.6 Å². The molecule has 2 atom stereocenters. The van der Waals surface area contributed by atoms with E-state index in [1.165, 1.54) is 6.07 Å². The molecule has 2 heterocycles. The molecule has 0 unspecified atom stereocenters. The van der Waals surface area contributed by atoms with Crippen LogP contribution in [0, 0.1) is 17.6 Å². The van der Waals surface area contributed by atoms with Crippen LogP contribution in [-0.2, 0) is 0 Å². The average molecular weight is 252 g/mol. The number of nitrogens with one attached hydrogen (secondary N) is 1. The molecule has 3 rings (SSSR count). The van der Waals surface area contributed by atoms with Crippen LogP contribution >= 0.6 is 0 Å². The lowest BCUT2D eigenvalue weighted by molar-refractivity contribution is 0.0778. The summed E-state index contributed by atoms with van der Waals surface area (Å²) in [5.41, 5.74) is -0.0450. The lowest BCUT2D eigenvalue weighted by atomic mass is 10.1. The molecule has 1 N–H and O–H groups in total. The normalized spacial score (nSPS) is 26.4. The molecule has 3 nitrogen and oxygen atoms in total. The molecule has 18 heavy (non-hydrogen) atoms. The number of nitrogens with zero attached hydrogens (tertiary/aromatic N) is 1. The molecule has 2 aliphatic rings. The van der Waals surface area contributed by atoms with E-state index in [1.807, 2.05) is 0 Å². The number of benzene rings is 1. The zero-order valence-electron chi connectivity index (χ0n) is 9.83. The van der Waals surface area contributed by atoms with Gasteiger partial charge in [-0.05, 0) is 31.0 Å². The first-order chi connectivity index (χ1) is 8.65. The molecule has 1 aromatic carbocycles. The van der Waals surface area contributed by atoms with Crippen molar-refractivity contribution in [1.29, 1.82) is 0 Å². The van der Waals surface area contributed by atoms with Crippen molar-refractivity contribution in [2.45, 2.75) is 12.5 Å². The molecule has 0 spiro atoms. The van der Waals surface area contributed by atoms with E-state index >= 15 is 0 Å². The van der Waals surface area contributed by atoms with E-state index in [1.54, 1.807) is 4.90 Å². The Kier molecular flexibility index (Phi) is 2.78. The number of rotatable bonds is 1. The maximum Gasteiger partial charge on any atom is 0.256 e.